The Morgan fingerprint density at radius 2 is 1.78 bits per heavy atom. The number of anilines is 1. The minimum Gasteiger partial charge on any atom is -0.378 e. The molecule has 2 aliphatic heterocycles. The molecule has 2 aliphatic rings. The Labute approximate surface area is 215 Å². The van der Waals surface area contributed by atoms with Gasteiger partial charge in [0.25, 0.3) is 0 Å². The molecule has 2 fully saturated rings. The number of benzene rings is 2. The number of morpholine rings is 1. The van der Waals surface area contributed by atoms with Crippen LogP contribution in [0.2, 0.25) is 0 Å². The highest BCUT2D eigenvalue weighted by molar-refractivity contribution is 5.97. The predicted molar refractivity (Wildman–Crippen MR) is 144 cm³/mol. The summed E-state index contributed by atoms with van der Waals surface area (Å²) in [5.41, 5.74) is 7.54. The van der Waals surface area contributed by atoms with Crippen molar-refractivity contribution in [3.05, 3.63) is 66.5 Å². The van der Waals surface area contributed by atoms with Crippen molar-refractivity contribution in [2.75, 3.05) is 37.8 Å². The number of hydrogen-bond acceptors (Lipinski definition) is 6. The molecule has 7 rings (SSSR count). The Hall–Kier alpha value is -3.75. The Bertz CT molecular complexity index is 1560. The number of aromatic nitrogens is 5. The molecule has 0 amide bonds. The number of nitrogens with zero attached hydrogens (tertiary/aromatic N) is 6. The fourth-order valence-electron chi connectivity index (χ4n) is 5.60. The van der Waals surface area contributed by atoms with Crippen molar-refractivity contribution in [1.82, 2.24) is 24.4 Å². The fraction of sp³-hybridized carbons (Fsp3) is 0.345. The zero-order valence-corrected chi connectivity index (χ0v) is 21.0. The van der Waals surface area contributed by atoms with Gasteiger partial charge in [0.15, 0.2) is 6.23 Å². The van der Waals surface area contributed by atoms with E-state index in [-0.39, 0.29) is 6.23 Å². The minimum absolute atomic E-state index is 0.0124. The molecule has 0 N–H and O–H groups in total. The van der Waals surface area contributed by atoms with Crippen molar-refractivity contribution >= 4 is 22.4 Å². The molecule has 5 aromatic rings. The van der Waals surface area contributed by atoms with Gasteiger partial charge < -0.3 is 14.4 Å². The van der Waals surface area contributed by atoms with E-state index >= 15 is 0 Å². The Balaban J connectivity index is 1.42. The summed E-state index contributed by atoms with van der Waals surface area (Å²) in [7, 11) is 0. The number of rotatable bonds is 4. The third kappa shape index (κ3) is 3.88. The highest BCUT2D eigenvalue weighted by Gasteiger charge is 2.25. The Morgan fingerprint density at radius 3 is 2.59 bits per heavy atom. The van der Waals surface area contributed by atoms with Gasteiger partial charge in [0.05, 0.1) is 30.4 Å². The molecule has 3 aromatic heterocycles. The molecule has 5 heterocycles. The first-order valence-corrected chi connectivity index (χ1v) is 13.1. The summed E-state index contributed by atoms with van der Waals surface area (Å²) in [6.07, 6.45) is 7.23. The predicted octanol–water partition coefficient (Wildman–Crippen LogP) is 5.26. The highest BCUT2D eigenvalue weighted by Crippen LogP contribution is 2.39. The summed E-state index contributed by atoms with van der Waals surface area (Å²) >= 11 is 0. The van der Waals surface area contributed by atoms with E-state index in [9.17, 15) is 0 Å². The molecular formula is C29H30N6O2. The molecule has 1 atom stereocenters. The molecule has 0 radical (unpaired) electrons. The second-order valence-corrected chi connectivity index (χ2v) is 9.87. The molecule has 8 heteroatoms. The molecule has 0 aliphatic carbocycles. The number of fused-ring (bicyclic) bond motifs is 2. The monoisotopic (exact) mass is 494 g/mol. The SMILES string of the molecule is Cc1cnc(N2CCOCC2)n2nc(-c3ccccc3)c(-c3ccc4c(cnn4C4CCCCO4)c3)c12. The summed E-state index contributed by atoms with van der Waals surface area (Å²) in [5.74, 6) is 0.857. The van der Waals surface area contributed by atoms with E-state index in [4.69, 9.17) is 24.7 Å². The molecule has 2 saturated heterocycles. The largest absolute Gasteiger partial charge is 0.378 e. The van der Waals surface area contributed by atoms with Crippen LogP contribution >= 0.6 is 0 Å². The summed E-state index contributed by atoms with van der Waals surface area (Å²) in [5, 5.41) is 11.0. The van der Waals surface area contributed by atoms with E-state index in [1.54, 1.807) is 0 Å². The normalized spacial score (nSPS) is 18.6. The average molecular weight is 495 g/mol. The average Bonchev–Trinajstić information content (AvgIpc) is 3.57. The van der Waals surface area contributed by atoms with Crippen LogP contribution in [0.1, 0.15) is 31.1 Å². The van der Waals surface area contributed by atoms with E-state index in [0.29, 0.717) is 13.2 Å². The van der Waals surface area contributed by atoms with Gasteiger partial charge in [-0.25, -0.2) is 9.67 Å². The van der Waals surface area contributed by atoms with Gasteiger partial charge in [-0.3, -0.25) is 0 Å². The van der Waals surface area contributed by atoms with Crippen molar-refractivity contribution in [1.29, 1.82) is 0 Å². The molecule has 0 bridgehead atoms. The third-order valence-corrected chi connectivity index (χ3v) is 7.48. The number of ether oxygens (including phenoxy) is 2. The van der Waals surface area contributed by atoms with E-state index in [1.165, 1.54) is 6.42 Å². The van der Waals surface area contributed by atoms with E-state index in [1.807, 2.05) is 27.7 Å². The van der Waals surface area contributed by atoms with Crippen molar-refractivity contribution in [3.8, 4) is 22.4 Å². The van der Waals surface area contributed by atoms with Crippen LogP contribution in [0.25, 0.3) is 38.8 Å². The topological polar surface area (TPSA) is 69.7 Å². The molecule has 188 valence electrons. The van der Waals surface area contributed by atoms with Gasteiger partial charge >= 0.3 is 0 Å². The summed E-state index contributed by atoms with van der Waals surface area (Å²) < 4.78 is 15.7. The summed E-state index contributed by atoms with van der Waals surface area (Å²) in [4.78, 5) is 7.08. The standard InChI is InChI=1S/C29H30N6O2/c1-20-18-30-29(33-12-15-36-16-13-33)35-28(20)26(27(32-35)21-7-3-2-4-8-21)22-10-11-24-23(17-22)19-31-34(24)25-9-5-6-14-37-25/h2-4,7-8,10-11,17-19,25H,5-6,9,12-16H2,1H3. The van der Waals surface area contributed by atoms with Gasteiger partial charge in [0, 0.05) is 42.4 Å². The zero-order valence-electron chi connectivity index (χ0n) is 21.0. The first kappa shape index (κ1) is 22.4. The number of aryl methyl sites for hydroxylation is 1. The van der Waals surface area contributed by atoms with Gasteiger partial charge in [-0.2, -0.15) is 14.7 Å². The van der Waals surface area contributed by atoms with Crippen LogP contribution < -0.4 is 4.90 Å². The molecule has 0 spiro atoms. The lowest BCUT2D eigenvalue weighted by atomic mass is 9.97. The van der Waals surface area contributed by atoms with Crippen LogP contribution in [-0.2, 0) is 9.47 Å². The lowest BCUT2D eigenvalue weighted by molar-refractivity contribution is -0.0366. The van der Waals surface area contributed by atoms with Crippen molar-refractivity contribution < 1.29 is 9.47 Å². The maximum Gasteiger partial charge on any atom is 0.227 e. The van der Waals surface area contributed by atoms with Gasteiger partial charge in [-0.1, -0.05) is 36.4 Å². The van der Waals surface area contributed by atoms with E-state index in [0.717, 1.165) is 82.9 Å². The molecule has 8 nitrogen and oxygen atoms in total. The van der Waals surface area contributed by atoms with Crippen LogP contribution in [0.3, 0.4) is 0 Å². The second-order valence-electron chi connectivity index (χ2n) is 9.87. The van der Waals surface area contributed by atoms with Crippen LogP contribution in [0.4, 0.5) is 5.95 Å². The van der Waals surface area contributed by atoms with Crippen LogP contribution in [0, 0.1) is 6.92 Å². The van der Waals surface area contributed by atoms with Gasteiger partial charge in [-0.15, -0.1) is 0 Å². The minimum atomic E-state index is 0.0124. The van der Waals surface area contributed by atoms with E-state index < -0.39 is 0 Å². The maximum atomic E-state index is 6.02. The molecule has 2 aromatic carbocycles. The van der Waals surface area contributed by atoms with Crippen molar-refractivity contribution in [2.24, 2.45) is 0 Å². The van der Waals surface area contributed by atoms with E-state index in [2.05, 4.69) is 54.3 Å². The molecule has 0 saturated carbocycles. The second kappa shape index (κ2) is 9.28. The van der Waals surface area contributed by atoms with Crippen LogP contribution in [0.15, 0.2) is 60.9 Å². The zero-order chi connectivity index (χ0) is 24.8. The fourth-order valence-corrected chi connectivity index (χ4v) is 5.60. The van der Waals surface area contributed by atoms with Crippen molar-refractivity contribution in [2.45, 2.75) is 32.4 Å². The van der Waals surface area contributed by atoms with Crippen LogP contribution in [0.5, 0.6) is 0 Å². The molecule has 1 unspecified atom stereocenters. The van der Waals surface area contributed by atoms with Gasteiger partial charge in [0.1, 0.15) is 5.69 Å². The van der Waals surface area contributed by atoms with Crippen LogP contribution in [-0.4, -0.2) is 57.3 Å². The lowest BCUT2D eigenvalue weighted by Crippen LogP contribution is -2.38. The number of hydrogen-bond donors (Lipinski definition) is 0. The molecular weight excluding hydrogens is 464 g/mol. The van der Waals surface area contributed by atoms with Gasteiger partial charge in [0.2, 0.25) is 5.95 Å². The first-order chi connectivity index (χ1) is 18.3. The summed E-state index contributed by atoms with van der Waals surface area (Å²) in [6.45, 7) is 5.91. The smallest absolute Gasteiger partial charge is 0.227 e. The lowest BCUT2D eigenvalue weighted by Gasteiger charge is -2.27. The maximum absolute atomic E-state index is 6.02. The first-order valence-electron chi connectivity index (χ1n) is 13.1. The quantitative estimate of drug-likeness (QED) is 0.340. The highest BCUT2D eigenvalue weighted by atomic mass is 16.5. The van der Waals surface area contributed by atoms with Gasteiger partial charge in [-0.05, 0) is 49.4 Å². The molecule has 37 heavy (non-hydrogen) atoms. The third-order valence-electron chi connectivity index (χ3n) is 7.48. The van der Waals surface area contributed by atoms with Crippen molar-refractivity contribution in [3.63, 3.8) is 0 Å². The summed E-state index contributed by atoms with van der Waals surface area (Å²) in [6, 6.07) is 17.0. The Morgan fingerprint density at radius 1 is 0.919 bits per heavy atom. The Kier molecular flexibility index (Phi) is 5.63.